The van der Waals surface area contributed by atoms with Crippen LogP contribution in [0.2, 0.25) is 0 Å². The van der Waals surface area contributed by atoms with Crippen LogP contribution in [0.5, 0.6) is 0 Å². The van der Waals surface area contributed by atoms with Crippen molar-refractivity contribution in [3.8, 4) is 0 Å². The van der Waals surface area contributed by atoms with Gasteiger partial charge >= 0.3 is 12.0 Å². The molecule has 2 fully saturated rings. The maximum Gasteiger partial charge on any atom is 0.324 e. The molecule has 0 bridgehead atoms. The van der Waals surface area contributed by atoms with E-state index in [9.17, 15) is 14.7 Å². The quantitative estimate of drug-likeness (QED) is 0.934. The maximum absolute atomic E-state index is 12.0. The van der Waals surface area contributed by atoms with E-state index in [1.807, 2.05) is 24.3 Å². The highest BCUT2D eigenvalue weighted by Crippen LogP contribution is 2.40. The van der Waals surface area contributed by atoms with E-state index in [-0.39, 0.29) is 6.03 Å². The predicted molar refractivity (Wildman–Crippen MR) is 84.2 cm³/mol. The molecule has 1 N–H and O–H groups in total. The van der Waals surface area contributed by atoms with Gasteiger partial charge in [0.1, 0.15) is 0 Å². The lowest BCUT2D eigenvalue weighted by atomic mass is 9.69. The molecule has 22 heavy (non-hydrogen) atoms. The van der Waals surface area contributed by atoms with Gasteiger partial charge in [-0.2, -0.15) is 0 Å². The average molecular weight is 302 g/mol. The van der Waals surface area contributed by atoms with Gasteiger partial charge in [0.05, 0.1) is 5.41 Å². The summed E-state index contributed by atoms with van der Waals surface area (Å²) in [7, 11) is 1.79. The molecule has 1 aromatic carbocycles. The van der Waals surface area contributed by atoms with Crippen LogP contribution in [0.4, 0.5) is 10.5 Å². The number of carbonyl (C=O) groups excluding carboxylic acids is 1. The van der Waals surface area contributed by atoms with Crippen LogP contribution in [0.25, 0.3) is 0 Å². The van der Waals surface area contributed by atoms with Crippen molar-refractivity contribution in [3.05, 3.63) is 29.8 Å². The first-order valence-electron chi connectivity index (χ1n) is 7.91. The highest BCUT2D eigenvalue weighted by atomic mass is 16.4. The third-order valence-electron chi connectivity index (χ3n) is 5.06. The summed E-state index contributed by atoms with van der Waals surface area (Å²) in [4.78, 5) is 27.3. The molecule has 0 unspecified atom stereocenters. The zero-order valence-electron chi connectivity index (χ0n) is 12.9. The molecule has 1 saturated carbocycles. The second kappa shape index (κ2) is 5.63. The zero-order valence-corrected chi connectivity index (χ0v) is 12.9. The molecule has 2 aliphatic rings. The third kappa shape index (κ3) is 2.34. The SMILES string of the molecule is CN1CCN(c2ccc(C3(C(=O)O)CCCCC3)cc2)C1=O. The van der Waals surface area contributed by atoms with Crippen molar-refractivity contribution in [2.45, 2.75) is 37.5 Å². The van der Waals surface area contributed by atoms with Gasteiger partial charge in [0, 0.05) is 25.8 Å². The fraction of sp³-hybridized carbons (Fsp3) is 0.529. The van der Waals surface area contributed by atoms with Crippen molar-refractivity contribution in [2.24, 2.45) is 0 Å². The summed E-state index contributed by atoms with van der Waals surface area (Å²) in [6, 6.07) is 7.54. The van der Waals surface area contributed by atoms with Crippen LogP contribution in [-0.4, -0.2) is 42.1 Å². The molecule has 118 valence electrons. The number of anilines is 1. The topological polar surface area (TPSA) is 60.9 Å². The molecule has 0 radical (unpaired) electrons. The summed E-state index contributed by atoms with van der Waals surface area (Å²) < 4.78 is 0. The number of rotatable bonds is 3. The first kappa shape index (κ1) is 14.9. The molecule has 0 spiro atoms. The highest BCUT2D eigenvalue weighted by Gasteiger charge is 2.41. The van der Waals surface area contributed by atoms with Gasteiger partial charge in [0.2, 0.25) is 0 Å². The third-order valence-corrected chi connectivity index (χ3v) is 5.06. The van der Waals surface area contributed by atoms with Gasteiger partial charge in [-0.3, -0.25) is 9.69 Å². The second-order valence-corrected chi connectivity index (χ2v) is 6.35. The number of likely N-dealkylation sites (N-methyl/N-ethyl adjacent to an activating group) is 1. The minimum atomic E-state index is -0.747. The Morgan fingerprint density at radius 1 is 1.09 bits per heavy atom. The number of aliphatic carboxylic acids is 1. The van der Waals surface area contributed by atoms with Crippen molar-refractivity contribution >= 4 is 17.7 Å². The number of carbonyl (C=O) groups is 2. The van der Waals surface area contributed by atoms with E-state index in [4.69, 9.17) is 0 Å². The summed E-state index contributed by atoms with van der Waals surface area (Å²) in [5, 5.41) is 9.73. The van der Waals surface area contributed by atoms with Crippen molar-refractivity contribution < 1.29 is 14.7 Å². The zero-order chi connectivity index (χ0) is 15.7. The first-order chi connectivity index (χ1) is 10.5. The van der Waals surface area contributed by atoms with Gasteiger partial charge in [-0.1, -0.05) is 31.4 Å². The average Bonchev–Trinajstić information content (AvgIpc) is 2.88. The summed E-state index contributed by atoms with van der Waals surface area (Å²) in [6.45, 7) is 1.40. The molecule has 1 aliphatic carbocycles. The van der Waals surface area contributed by atoms with E-state index in [0.29, 0.717) is 19.4 Å². The Kier molecular flexibility index (Phi) is 3.81. The molecule has 0 atom stereocenters. The monoisotopic (exact) mass is 302 g/mol. The standard InChI is InChI=1S/C17H22N2O3/c1-18-11-12-19(16(18)22)14-7-5-13(6-8-14)17(15(20)21)9-3-2-4-10-17/h5-8H,2-4,9-12H2,1H3,(H,20,21). The smallest absolute Gasteiger partial charge is 0.324 e. The number of carboxylic acid groups (broad SMARTS) is 1. The fourth-order valence-corrected chi connectivity index (χ4v) is 3.63. The summed E-state index contributed by atoms with van der Waals surface area (Å²) in [5.41, 5.74) is 0.959. The Labute approximate surface area is 130 Å². The molecule has 0 aromatic heterocycles. The van der Waals surface area contributed by atoms with Gasteiger partial charge in [0.15, 0.2) is 0 Å². The summed E-state index contributed by atoms with van der Waals surface area (Å²) in [6.07, 6.45) is 4.44. The Hall–Kier alpha value is -2.04. The minimum Gasteiger partial charge on any atom is -0.481 e. The van der Waals surface area contributed by atoms with Crippen LogP contribution in [0.15, 0.2) is 24.3 Å². The van der Waals surface area contributed by atoms with E-state index in [2.05, 4.69) is 0 Å². The number of urea groups is 1. The Morgan fingerprint density at radius 2 is 1.73 bits per heavy atom. The van der Waals surface area contributed by atoms with Gasteiger partial charge in [-0.15, -0.1) is 0 Å². The predicted octanol–water partition coefficient (Wildman–Crippen LogP) is 2.84. The molecule has 5 heteroatoms. The maximum atomic E-state index is 12.0. The Morgan fingerprint density at radius 3 is 2.23 bits per heavy atom. The fourth-order valence-electron chi connectivity index (χ4n) is 3.63. The molecule has 1 aromatic rings. The lowest BCUT2D eigenvalue weighted by molar-refractivity contribution is -0.145. The number of benzene rings is 1. The number of carboxylic acids is 1. The number of hydrogen-bond acceptors (Lipinski definition) is 2. The molecular weight excluding hydrogens is 280 g/mol. The Balaban J connectivity index is 1.87. The summed E-state index contributed by atoms with van der Waals surface area (Å²) >= 11 is 0. The number of amides is 2. The van der Waals surface area contributed by atoms with Crippen LogP contribution in [0.3, 0.4) is 0 Å². The molecule has 1 saturated heterocycles. The van der Waals surface area contributed by atoms with E-state index in [0.717, 1.165) is 37.1 Å². The number of hydrogen-bond donors (Lipinski definition) is 1. The van der Waals surface area contributed by atoms with Crippen LogP contribution in [0, 0.1) is 0 Å². The van der Waals surface area contributed by atoms with Crippen molar-refractivity contribution in [1.82, 2.24) is 4.90 Å². The van der Waals surface area contributed by atoms with Gasteiger partial charge in [-0.25, -0.2) is 4.79 Å². The molecule has 1 heterocycles. The van der Waals surface area contributed by atoms with Crippen LogP contribution < -0.4 is 4.90 Å². The van der Waals surface area contributed by atoms with Gasteiger partial charge < -0.3 is 10.0 Å². The van der Waals surface area contributed by atoms with E-state index < -0.39 is 11.4 Å². The van der Waals surface area contributed by atoms with Crippen LogP contribution >= 0.6 is 0 Å². The normalized spacial score (nSPS) is 21.2. The molecule has 5 nitrogen and oxygen atoms in total. The highest BCUT2D eigenvalue weighted by molar-refractivity contribution is 5.94. The first-order valence-corrected chi connectivity index (χ1v) is 7.91. The lowest BCUT2D eigenvalue weighted by Gasteiger charge is -2.34. The molecule has 1 aliphatic heterocycles. The molecule has 3 rings (SSSR count). The largest absolute Gasteiger partial charge is 0.481 e. The van der Waals surface area contributed by atoms with E-state index >= 15 is 0 Å². The van der Waals surface area contributed by atoms with Gasteiger partial charge in [0.25, 0.3) is 0 Å². The van der Waals surface area contributed by atoms with E-state index in [1.54, 1.807) is 16.8 Å². The lowest BCUT2D eigenvalue weighted by Crippen LogP contribution is -2.37. The molecule has 2 amide bonds. The van der Waals surface area contributed by atoms with Crippen LogP contribution in [-0.2, 0) is 10.2 Å². The minimum absolute atomic E-state index is 0.00151. The van der Waals surface area contributed by atoms with Crippen molar-refractivity contribution in [3.63, 3.8) is 0 Å². The van der Waals surface area contributed by atoms with E-state index in [1.165, 1.54) is 0 Å². The van der Waals surface area contributed by atoms with Gasteiger partial charge in [-0.05, 0) is 30.5 Å². The van der Waals surface area contributed by atoms with Crippen LogP contribution in [0.1, 0.15) is 37.7 Å². The second-order valence-electron chi connectivity index (χ2n) is 6.35. The number of nitrogens with zero attached hydrogens (tertiary/aromatic N) is 2. The Bertz CT molecular complexity index is 576. The van der Waals surface area contributed by atoms with Crippen molar-refractivity contribution in [2.75, 3.05) is 25.0 Å². The van der Waals surface area contributed by atoms with Crippen molar-refractivity contribution in [1.29, 1.82) is 0 Å². The molecular formula is C17H22N2O3. The summed E-state index contributed by atoms with van der Waals surface area (Å²) in [5.74, 6) is -0.725.